The Labute approximate surface area is 105 Å². The lowest BCUT2D eigenvalue weighted by molar-refractivity contribution is -0.150. The van der Waals surface area contributed by atoms with Crippen molar-refractivity contribution in [2.24, 2.45) is 5.41 Å². The van der Waals surface area contributed by atoms with Crippen molar-refractivity contribution in [3.05, 3.63) is 17.5 Å². The van der Waals surface area contributed by atoms with Gasteiger partial charge >= 0.3 is 5.97 Å². The van der Waals surface area contributed by atoms with E-state index < -0.39 is 11.4 Å². The third kappa shape index (κ3) is 2.10. The zero-order valence-corrected chi connectivity index (χ0v) is 10.5. The molecule has 0 aromatic carbocycles. The lowest BCUT2D eigenvalue weighted by Gasteiger charge is -2.36. The van der Waals surface area contributed by atoms with Gasteiger partial charge in [0.05, 0.1) is 11.6 Å². The van der Waals surface area contributed by atoms with Crippen LogP contribution in [0, 0.1) is 12.3 Å². The smallest absolute Gasteiger partial charge is 0.309 e. The minimum absolute atomic E-state index is 0.211. The summed E-state index contributed by atoms with van der Waals surface area (Å²) < 4.78 is 4.92. The molecule has 1 saturated heterocycles. The van der Waals surface area contributed by atoms with Crippen LogP contribution in [-0.2, 0) is 4.79 Å². The van der Waals surface area contributed by atoms with Crippen molar-refractivity contribution in [1.29, 1.82) is 0 Å². The van der Waals surface area contributed by atoms with Gasteiger partial charge in [0.15, 0.2) is 0 Å². The molecule has 1 aliphatic rings. The summed E-state index contributed by atoms with van der Waals surface area (Å²) in [5, 5.41) is 12.7. The molecule has 1 amide bonds. The van der Waals surface area contributed by atoms with Crippen LogP contribution in [0.2, 0.25) is 0 Å². The Morgan fingerprint density at radius 3 is 2.50 bits per heavy atom. The summed E-state index contributed by atoms with van der Waals surface area (Å²) in [6.45, 7) is 4.34. The molecule has 18 heavy (non-hydrogen) atoms. The van der Waals surface area contributed by atoms with Crippen LogP contribution in [0.4, 0.5) is 0 Å². The number of carboxylic acid groups (broad SMARTS) is 1. The molecule has 0 bridgehead atoms. The van der Waals surface area contributed by atoms with Gasteiger partial charge in [0, 0.05) is 18.7 Å². The van der Waals surface area contributed by atoms with Crippen molar-refractivity contribution in [2.75, 3.05) is 13.1 Å². The summed E-state index contributed by atoms with van der Waals surface area (Å²) in [7, 11) is 0. The largest absolute Gasteiger partial charge is 0.481 e. The Hall–Kier alpha value is -1.85. The molecule has 0 aliphatic carbocycles. The molecule has 98 valence electrons. The quantitative estimate of drug-likeness (QED) is 0.857. The highest BCUT2D eigenvalue weighted by atomic mass is 16.5. The Bertz CT molecular complexity index is 472. The van der Waals surface area contributed by atoms with Crippen LogP contribution >= 0.6 is 0 Å². The predicted octanol–water partition coefficient (Wildman–Crippen LogP) is 1.31. The van der Waals surface area contributed by atoms with Gasteiger partial charge in [-0.3, -0.25) is 9.59 Å². The van der Waals surface area contributed by atoms with Gasteiger partial charge in [-0.2, -0.15) is 0 Å². The van der Waals surface area contributed by atoms with Gasteiger partial charge in [0.1, 0.15) is 0 Å². The maximum Gasteiger partial charge on any atom is 0.309 e. The fourth-order valence-electron chi connectivity index (χ4n) is 2.06. The van der Waals surface area contributed by atoms with Crippen molar-refractivity contribution < 1.29 is 19.2 Å². The number of hydrogen-bond acceptors (Lipinski definition) is 4. The summed E-state index contributed by atoms with van der Waals surface area (Å²) in [4.78, 5) is 24.8. The Balaban J connectivity index is 2.05. The summed E-state index contributed by atoms with van der Waals surface area (Å²) in [6.07, 6.45) is 2.42. The van der Waals surface area contributed by atoms with Crippen LogP contribution in [0.25, 0.3) is 0 Å². The van der Waals surface area contributed by atoms with Crippen molar-refractivity contribution in [3.63, 3.8) is 0 Å². The Morgan fingerprint density at radius 1 is 1.44 bits per heavy atom. The molecule has 0 spiro atoms. The summed E-state index contributed by atoms with van der Waals surface area (Å²) in [5.41, 5.74) is -0.0284. The second-order valence-electron chi connectivity index (χ2n) is 5.00. The third-order valence-electron chi connectivity index (χ3n) is 3.61. The molecule has 6 nitrogen and oxygen atoms in total. The highest BCUT2D eigenvalue weighted by Crippen LogP contribution is 2.31. The molecule has 0 radical (unpaired) electrons. The minimum atomic E-state index is -0.801. The molecule has 1 aliphatic heterocycles. The number of nitrogens with zero attached hydrogens (tertiary/aromatic N) is 2. The van der Waals surface area contributed by atoms with E-state index in [1.54, 1.807) is 18.7 Å². The van der Waals surface area contributed by atoms with Gasteiger partial charge < -0.3 is 14.5 Å². The monoisotopic (exact) mass is 252 g/mol. The van der Waals surface area contributed by atoms with Crippen molar-refractivity contribution in [1.82, 2.24) is 10.1 Å². The minimum Gasteiger partial charge on any atom is -0.481 e. The lowest BCUT2D eigenvalue weighted by atomic mass is 9.80. The molecular weight excluding hydrogens is 236 g/mol. The maximum absolute atomic E-state index is 12.1. The first-order chi connectivity index (χ1) is 8.44. The van der Waals surface area contributed by atoms with E-state index >= 15 is 0 Å². The van der Waals surface area contributed by atoms with Crippen LogP contribution in [0.3, 0.4) is 0 Å². The lowest BCUT2D eigenvalue weighted by Crippen LogP contribution is -2.45. The van der Waals surface area contributed by atoms with E-state index in [0.717, 1.165) is 0 Å². The number of carboxylic acids is 1. The van der Waals surface area contributed by atoms with Gasteiger partial charge in [-0.25, -0.2) is 0 Å². The van der Waals surface area contributed by atoms with Gasteiger partial charge in [0.25, 0.3) is 5.91 Å². The standard InChI is InChI=1S/C12H16N2O4/c1-8-7-13-18-9(8)10(15)14-5-3-12(2,4-6-14)11(16)17/h7H,3-6H2,1-2H3,(H,16,17). The van der Waals surface area contributed by atoms with Gasteiger partial charge in [-0.05, 0) is 26.7 Å². The van der Waals surface area contributed by atoms with E-state index in [-0.39, 0.29) is 11.7 Å². The number of carbonyl (C=O) groups is 2. The Morgan fingerprint density at radius 2 is 2.06 bits per heavy atom. The van der Waals surface area contributed by atoms with E-state index in [1.165, 1.54) is 6.20 Å². The number of carbonyl (C=O) groups excluding carboxylic acids is 1. The van der Waals surface area contributed by atoms with Gasteiger partial charge in [-0.15, -0.1) is 0 Å². The number of aliphatic carboxylic acids is 1. The molecule has 0 saturated carbocycles. The molecule has 2 rings (SSSR count). The average Bonchev–Trinajstić information content (AvgIpc) is 2.75. The SMILES string of the molecule is Cc1cnoc1C(=O)N1CCC(C)(C(=O)O)CC1. The Kier molecular flexibility index (Phi) is 3.11. The maximum atomic E-state index is 12.1. The van der Waals surface area contributed by atoms with E-state index in [1.807, 2.05) is 0 Å². The molecule has 1 aromatic rings. The van der Waals surface area contributed by atoms with Crippen LogP contribution in [0.1, 0.15) is 35.9 Å². The number of hydrogen-bond donors (Lipinski definition) is 1. The molecule has 0 unspecified atom stereocenters. The molecule has 0 atom stereocenters. The van der Waals surface area contributed by atoms with E-state index in [0.29, 0.717) is 31.5 Å². The fourth-order valence-corrected chi connectivity index (χ4v) is 2.06. The first kappa shape index (κ1) is 12.6. The number of amides is 1. The van der Waals surface area contributed by atoms with Crippen LogP contribution in [0.15, 0.2) is 10.7 Å². The third-order valence-corrected chi connectivity index (χ3v) is 3.61. The normalized spacial score (nSPS) is 18.7. The topological polar surface area (TPSA) is 83.6 Å². The predicted molar refractivity (Wildman–Crippen MR) is 62.1 cm³/mol. The summed E-state index contributed by atoms with van der Waals surface area (Å²) >= 11 is 0. The second kappa shape index (κ2) is 4.44. The van der Waals surface area contributed by atoms with Crippen LogP contribution in [0.5, 0.6) is 0 Å². The average molecular weight is 252 g/mol. The number of rotatable bonds is 2. The first-order valence-corrected chi connectivity index (χ1v) is 5.88. The zero-order chi connectivity index (χ0) is 13.3. The molecule has 1 fully saturated rings. The number of aryl methyl sites for hydroxylation is 1. The van der Waals surface area contributed by atoms with E-state index in [2.05, 4.69) is 5.16 Å². The number of likely N-dealkylation sites (tertiary alicyclic amines) is 1. The highest BCUT2D eigenvalue weighted by Gasteiger charge is 2.38. The van der Waals surface area contributed by atoms with Crippen molar-refractivity contribution in [3.8, 4) is 0 Å². The summed E-state index contributed by atoms with van der Waals surface area (Å²) in [5.74, 6) is -0.767. The fraction of sp³-hybridized carbons (Fsp3) is 0.583. The van der Waals surface area contributed by atoms with Crippen molar-refractivity contribution in [2.45, 2.75) is 26.7 Å². The molecule has 2 heterocycles. The van der Waals surface area contributed by atoms with E-state index in [4.69, 9.17) is 9.63 Å². The summed E-state index contributed by atoms with van der Waals surface area (Å²) in [6, 6.07) is 0. The molecule has 1 N–H and O–H groups in total. The number of piperidine rings is 1. The first-order valence-electron chi connectivity index (χ1n) is 5.88. The van der Waals surface area contributed by atoms with E-state index in [9.17, 15) is 9.59 Å². The molecular formula is C12H16N2O4. The van der Waals surface area contributed by atoms with Crippen molar-refractivity contribution >= 4 is 11.9 Å². The van der Waals surface area contributed by atoms with Gasteiger partial charge in [-0.1, -0.05) is 5.16 Å². The molecule has 6 heteroatoms. The highest BCUT2D eigenvalue weighted by molar-refractivity contribution is 5.92. The zero-order valence-electron chi connectivity index (χ0n) is 10.5. The van der Waals surface area contributed by atoms with Gasteiger partial charge in [0.2, 0.25) is 5.76 Å². The molecule has 1 aromatic heterocycles. The van der Waals surface area contributed by atoms with Crippen LogP contribution < -0.4 is 0 Å². The second-order valence-corrected chi connectivity index (χ2v) is 5.00. The van der Waals surface area contributed by atoms with Crippen LogP contribution in [-0.4, -0.2) is 40.1 Å². The number of aromatic nitrogens is 1.